The molecular weight excluding hydrogens is 431 g/mol. The SMILES string of the molecule is CCCCCCC(O)C/C=C\CCCCCCCC(=O)O.O=S(=O)(O)O.[CH2-]CCC.[Na+]. The van der Waals surface area contributed by atoms with Crippen LogP contribution >= 0.6 is 0 Å². The zero-order chi connectivity index (χ0) is 23.7. The number of hydrogen-bond donors (Lipinski definition) is 4. The van der Waals surface area contributed by atoms with Crippen molar-refractivity contribution in [2.45, 2.75) is 116 Å². The van der Waals surface area contributed by atoms with Crippen molar-refractivity contribution >= 4 is 16.4 Å². The number of carboxylic acid groups (broad SMARTS) is 1. The molecule has 0 saturated heterocycles. The zero-order valence-corrected chi connectivity index (χ0v) is 22.8. The van der Waals surface area contributed by atoms with Crippen LogP contribution in [-0.4, -0.2) is 39.8 Å². The minimum absolute atomic E-state index is 0. The van der Waals surface area contributed by atoms with Crippen LogP contribution in [0, 0.1) is 6.92 Å². The predicted molar refractivity (Wildman–Crippen MR) is 123 cm³/mol. The standard InChI is InChI=1S/C18H34O3.C4H9.Na.H2O4S/c1-2-3-4-11-14-17(19)15-12-9-7-5-6-8-10-13-16-18(20)21;1-3-4-2;;1-5(2,3)4/h9,12,17,19H,2-8,10-11,13-16H2,1H3,(H,20,21);1,3-4H2,2H3;;(H2,1,2,3,4)/q;-1;+1;/b12-9-;;;. The van der Waals surface area contributed by atoms with E-state index in [1.165, 1.54) is 32.1 Å². The third kappa shape index (κ3) is 58.8. The number of aliphatic hydroxyl groups is 1. The minimum Gasteiger partial charge on any atom is -0.481 e. The summed E-state index contributed by atoms with van der Waals surface area (Å²) in [7, 11) is -4.67. The van der Waals surface area contributed by atoms with Crippen LogP contribution in [0.2, 0.25) is 0 Å². The summed E-state index contributed by atoms with van der Waals surface area (Å²) in [5.41, 5.74) is 0. The average Bonchev–Trinajstić information content (AvgIpc) is 2.65. The fraction of sp³-hybridized carbons (Fsp3) is 0.818. The van der Waals surface area contributed by atoms with E-state index in [0.29, 0.717) is 6.42 Å². The molecule has 0 aromatic heterocycles. The van der Waals surface area contributed by atoms with Crippen LogP contribution in [0.25, 0.3) is 0 Å². The van der Waals surface area contributed by atoms with Crippen molar-refractivity contribution in [3.8, 4) is 0 Å². The van der Waals surface area contributed by atoms with Crippen molar-refractivity contribution in [2.75, 3.05) is 0 Å². The summed E-state index contributed by atoms with van der Waals surface area (Å²) in [6.45, 7) is 7.92. The van der Waals surface area contributed by atoms with E-state index in [1.807, 2.05) is 0 Å². The summed E-state index contributed by atoms with van der Waals surface area (Å²) < 4.78 is 31.6. The Balaban J connectivity index is -0.000000306. The molecule has 0 rings (SSSR count). The molecule has 0 aliphatic heterocycles. The number of unbranched alkanes of at least 4 members (excludes halogenated alkanes) is 9. The molecule has 0 aliphatic carbocycles. The maximum Gasteiger partial charge on any atom is 1.00 e. The molecule has 182 valence electrons. The Morgan fingerprint density at radius 3 is 1.87 bits per heavy atom. The quantitative estimate of drug-likeness (QED) is 0.0885. The van der Waals surface area contributed by atoms with Crippen LogP contribution in [0.15, 0.2) is 12.2 Å². The van der Waals surface area contributed by atoms with Crippen LogP contribution in [0.1, 0.15) is 110 Å². The van der Waals surface area contributed by atoms with Gasteiger partial charge in [0.15, 0.2) is 0 Å². The van der Waals surface area contributed by atoms with Gasteiger partial charge in [0.1, 0.15) is 0 Å². The van der Waals surface area contributed by atoms with Gasteiger partial charge in [-0.2, -0.15) is 14.8 Å². The second-order valence-corrected chi connectivity index (χ2v) is 8.11. The number of carboxylic acids is 1. The second kappa shape index (κ2) is 30.0. The van der Waals surface area contributed by atoms with Gasteiger partial charge in [-0.15, -0.1) is 0 Å². The Bertz CT molecular complexity index is 472. The third-order valence-corrected chi connectivity index (χ3v) is 4.08. The number of carbonyl (C=O) groups is 1. The summed E-state index contributed by atoms with van der Waals surface area (Å²) in [5.74, 6) is -0.689. The normalized spacial score (nSPS) is 11.5. The Labute approximate surface area is 213 Å². The molecule has 0 radical (unpaired) electrons. The van der Waals surface area contributed by atoms with Gasteiger partial charge >= 0.3 is 45.9 Å². The smallest absolute Gasteiger partial charge is 0.481 e. The first-order chi connectivity index (χ1) is 14.1. The molecule has 4 N–H and O–H groups in total. The Morgan fingerprint density at radius 1 is 0.903 bits per heavy atom. The fourth-order valence-corrected chi connectivity index (χ4v) is 2.36. The van der Waals surface area contributed by atoms with Crippen LogP contribution in [0.3, 0.4) is 0 Å². The number of aliphatic hydroxyl groups excluding tert-OH is 1. The molecule has 0 aromatic carbocycles. The van der Waals surface area contributed by atoms with E-state index >= 15 is 0 Å². The van der Waals surface area contributed by atoms with Crippen molar-refractivity contribution in [3.05, 3.63) is 19.1 Å². The first-order valence-corrected chi connectivity index (χ1v) is 12.5. The third-order valence-electron chi connectivity index (χ3n) is 4.08. The molecule has 9 heteroatoms. The van der Waals surface area contributed by atoms with E-state index in [1.54, 1.807) is 0 Å². The van der Waals surface area contributed by atoms with Gasteiger partial charge in [-0.1, -0.05) is 77.4 Å². The van der Waals surface area contributed by atoms with Crippen molar-refractivity contribution < 1.29 is 62.1 Å². The number of allylic oxidation sites excluding steroid dienone is 1. The maximum absolute atomic E-state index is 10.3. The van der Waals surface area contributed by atoms with Gasteiger partial charge in [0, 0.05) is 6.42 Å². The first-order valence-electron chi connectivity index (χ1n) is 11.1. The predicted octanol–water partition coefficient (Wildman–Crippen LogP) is 3.05. The molecule has 1 unspecified atom stereocenters. The van der Waals surface area contributed by atoms with E-state index in [0.717, 1.165) is 57.8 Å². The molecule has 0 amide bonds. The molecular formula is C22H45NaO7S. The van der Waals surface area contributed by atoms with Crippen molar-refractivity contribution in [2.24, 2.45) is 0 Å². The number of hydrogen-bond acceptors (Lipinski definition) is 4. The van der Waals surface area contributed by atoms with Gasteiger partial charge in [0.05, 0.1) is 6.10 Å². The Kier molecular flexibility index (Phi) is 37.1. The van der Waals surface area contributed by atoms with Crippen LogP contribution in [0.5, 0.6) is 0 Å². The monoisotopic (exact) mass is 476 g/mol. The number of aliphatic carboxylic acids is 1. The molecule has 0 fully saturated rings. The fourth-order valence-electron chi connectivity index (χ4n) is 2.36. The Hall–Kier alpha value is 0.0400. The van der Waals surface area contributed by atoms with E-state index in [-0.39, 0.29) is 35.7 Å². The maximum atomic E-state index is 10.3. The summed E-state index contributed by atoms with van der Waals surface area (Å²) in [6, 6.07) is 0. The summed E-state index contributed by atoms with van der Waals surface area (Å²) in [4.78, 5) is 10.3. The van der Waals surface area contributed by atoms with Crippen molar-refractivity contribution in [1.29, 1.82) is 0 Å². The zero-order valence-electron chi connectivity index (χ0n) is 20.0. The van der Waals surface area contributed by atoms with Crippen LogP contribution in [0.4, 0.5) is 0 Å². The van der Waals surface area contributed by atoms with E-state index in [9.17, 15) is 9.90 Å². The van der Waals surface area contributed by atoms with Gasteiger partial charge in [-0.25, -0.2) is 0 Å². The van der Waals surface area contributed by atoms with E-state index < -0.39 is 16.4 Å². The molecule has 7 nitrogen and oxygen atoms in total. The Morgan fingerprint density at radius 2 is 1.39 bits per heavy atom. The molecule has 0 heterocycles. The first kappa shape index (κ1) is 38.3. The van der Waals surface area contributed by atoms with Crippen LogP contribution < -0.4 is 29.6 Å². The van der Waals surface area contributed by atoms with Crippen molar-refractivity contribution in [3.63, 3.8) is 0 Å². The van der Waals surface area contributed by atoms with E-state index in [4.69, 9.17) is 22.6 Å². The van der Waals surface area contributed by atoms with Crippen molar-refractivity contribution in [1.82, 2.24) is 0 Å². The molecule has 0 aliphatic rings. The molecule has 31 heavy (non-hydrogen) atoms. The summed E-state index contributed by atoms with van der Waals surface area (Å²) in [5, 5.41) is 18.3. The van der Waals surface area contributed by atoms with Gasteiger partial charge in [0.25, 0.3) is 0 Å². The van der Waals surface area contributed by atoms with Gasteiger partial charge < -0.3 is 17.1 Å². The van der Waals surface area contributed by atoms with E-state index in [2.05, 4.69) is 32.9 Å². The van der Waals surface area contributed by atoms with Crippen LogP contribution in [-0.2, 0) is 15.2 Å². The molecule has 0 spiro atoms. The molecule has 1 atom stereocenters. The second-order valence-electron chi connectivity index (χ2n) is 7.21. The molecule has 0 saturated carbocycles. The topological polar surface area (TPSA) is 132 Å². The largest absolute Gasteiger partial charge is 1.00 e. The van der Waals surface area contributed by atoms with Gasteiger partial charge in [-0.05, 0) is 32.1 Å². The minimum atomic E-state index is -4.67. The molecule has 0 bridgehead atoms. The van der Waals surface area contributed by atoms with Gasteiger partial charge in [-0.3, -0.25) is 13.9 Å². The average molecular weight is 477 g/mol. The van der Waals surface area contributed by atoms with Gasteiger partial charge in [0.2, 0.25) is 0 Å². The molecule has 0 aromatic rings. The summed E-state index contributed by atoms with van der Waals surface area (Å²) >= 11 is 0. The number of rotatable bonds is 16. The summed E-state index contributed by atoms with van der Waals surface area (Å²) in [6.07, 6.45) is 19.6.